The molecule has 0 amide bonds. The highest BCUT2D eigenvalue weighted by Gasteiger charge is 2.12. The van der Waals surface area contributed by atoms with Gasteiger partial charge in [0.25, 0.3) is 0 Å². The summed E-state index contributed by atoms with van der Waals surface area (Å²) < 4.78 is 28.4. The van der Waals surface area contributed by atoms with E-state index in [0.29, 0.717) is 28.6 Å². The number of nitrogens with zero attached hydrogens (tertiary/aromatic N) is 2. The van der Waals surface area contributed by atoms with Crippen LogP contribution in [0.25, 0.3) is 11.4 Å². The van der Waals surface area contributed by atoms with Gasteiger partial charge < -0.3 is 0 Å². The third kappa shape index (κ3) is 2.48. The topological polar surface area (TPSA) is 33.6 Å². The fourth-order valence-electron chi connectivity index (χ4n) is 1.71. The summed E-state index contributed by atoms with van der Waals surface area (Å²) in [5.41, 5.74) is 0.502. The fraction of sp³-hybridized carbons (Fsp3) is 0.333. The lowest BCUT2D eigenvalue weighted by Crippen LogP contribution is -2.06. The van der Waals surface area contributed by atoms with Crippen molar-refractivity contribution in [3.05, 3.63) is 34.6 Å². The molecule has 6 heteroatoms. The second-order valence-electron chi connectivity index (χ2n) is 4.49. The molecule has 0 bridgehead atoms. The van der Waals surface area contributed by atoms with E-state index in [4.69, 9.17) is 12.2 Å². The molecule has 0 radical (unpaired) electrons. The Morgan fingerprint density at radius 2 is 2.06 bits per heavy atom. The lowest BCUT2D eigenvalue weighted by Gasteiger charge is -2.09. The predicted octanol–water partition coefficient (Wildman–Crippen LogP) is 3.54. The summed E-state index contributed by atoms with van der Waals surface area (Å²) >= 11 is 5.13. The maximum absolute atomic E-state index is 13.2. The summed E-state index contributed by atoms with van der Waals surface area (Å²) in [7, 11) is 0. The van der Waals surface area contributed by atoms with Crippen molar-refractivity contribution in [3.8, 4) is 11.4 Å². The average Bonchev–Trinajstić information content (AvgIpc) is 2.64. The highest BCUT2D eigenvalue weighted by atomic mass is 32.1. The van der Waals surface area contributed by atoms with Crippen LogP contribution in [0.3, 0.4) is 0 Å². The molecule has 1 aromatic heterocycles. The first-order valence-electron chi connectivity index (χ1n) is 5.59. The molecule has 0 atom stereocenters. The SMILES string of the molecule is CC(C)Cn1c(-c2ccc(F)c(F)c2)n[nH]c1=S. The minimum Gasteiger partial charge on any atom is -0.300 e. The van der Waals surface area contributed by atoms with Crippen molar-refractivity contribution in [1.82, 2.24) is 14.8 Å². The Labute approximate surface area is 108 Å². The Morgan fingerprint density at radius 1 is 1.33 bits per heavy atom. The van der Waals surface area contributed by atoms with Gasteiger partial charge in [0.15, 0.2) is 22.2 Å². The minimum absolute atomic E-state index is 0.373. The summed E-state index contributed by atoms with van der Waals surface area (Å²) in [5.74, 6) is -0.869. The van der Waals surface area contributed by atoms with Crippen molar-refractivity contribution in [2.75, 3.05) is 0 Å². The van der Waals surface area contributed by atoms with Gasteiger partial charge in [-0.2, -0.15) is 5.10 Å². The summed E-state index contributed by atoms with van der Waals surface area (Å²) in [6.07, 6.45) is 0. The maximum Gasteiger partial charge on any atom is 0.195 e. The lowest BCUT2D eigenvalue weighted by molar-refractivity contribution is 0.507. The van der Waals surface area contributed by atoms with Gasteiger partial charge in [-0.1, -0.05) is 13.8 Å². The molecule has 96 valence electrons. The Bertz CT molecular complexity index is 616. The van der Waals surface area contributed by atoms with Crippen LogP contribution in [0.1, 0.15) is 13.8 Å². The molecule has 0 saturated carbocycles. The van der Waals surface area contributed by atoms with Gasteiger partial charge in [0.1, 0.15) is 0 Å². The Morgan fingerprint density at radius 3 is 2.67 bits per heavy atom. The van der Waals surface area contributed by atoms with Crippen molar-refractivity contribution >= 4 is 12.2 Å². The normalized spacial score (nSPS) is 11.2. The average molecular weight is 269 g/mol. The highest BCUT2D eigenvalue weighted by molar-refractivity contribution is 7.71. The quantitative estimate of drug-likeness (QED) is 0.865. The molecule has 0 aliphatic heterocycles. The van der Waals surface area contributed by atoms with Crippen molar-refractivity contribution in [1.29, 1.82) is 0 Å². The Balaban J connectivity index is 2.50. The number of benzene rings is 1. The number of nitrogens with one attached hydrogen (secondary N) is 1. The van der Waals surface area contributed by atoms with Crippen LogP contribution >= 0.6 is 12.2 Å². The van der Waals surface area contributed by atoms with E-state index in [1.807, 2.05) is 13.8 Å². The molecule has 1 N–H and O–H groups in total. The van der Waals surface area contributed by atoms with Gasteiger partial charge in [0, 0.05) is 12.1 Å². The van der Waals surface area contributed by atoms with Gasteiger partial charge in [-0.25, -0.2) is 8.78 Å². The predicted molar refractivity (Wildman–Crippen MR) is 67.6 cm³/mol. The van der Waals surface area contributed by atoms with E-state index in [2.05, 4.69) is 10.2 Å². The number of halogens is 2. The van der Waals surface area contributed by atoms with Crippen LogP contribution in [-0.2, 0) is 6.54 Å². The summed E-state index contributed by atoms with van der Waals surface area (Å²) in [5, 5.41) is 6.74. The van der Waals surface area contributed by atoms with Crippen LogP contribution in [-0.4, -0.2) is 14.8 Å². The smallest absolute Gasteiger partial charge is 0.195 e. The molecule has 1 heterocycles. The minimum atomic E-state index is -0.891. The Hall–Kier alpha value is -1.56. The number of hydrogen-bond acceptors (Lipinski definition) is 2. The molecule has 0 spiro atoms. The van der Waals surface area contributed by atoms with Crippen LogP contribution in [0.15, 0.2) is 18.2 Å². The number of aromatic nitrogens is 3. The first-order valence-corrected chi connectivity index (χ1v) is 6.00. The van der Waals surface area contributed by atoms with Gasteiger partial charge in [0.2, 0.25) is 0 Å². The molecule has 0 unspecified atom stereocenters. The molecular formula is C12H13F2N3S. The molecule has 0 aliphatic carbocycles. The molecule has 2 aromatic rings. The van der Waals surface area contributed by atoms with Crippen LogP contribution in [0, 0.1) is 22.3 Å². The largest absolute Gasteiger partial charge is 0.300 e. The van der Waals surface area contributed by atoms with Gasteiger partial charge in [-0.15, -0.1) is 0 Å². The maximum atomic E-state index is 13.2. The molecule has 0 fully saturated rings. The van der Waals surface area contributed by atoms with Crippen LogP contribution in [0.4, 0.5) is 8.78 Å². The second kappa shape index (κ2) is 4.97. The van der Waals surface area contributed by atoms with E-state index in [9.17, 15) is 8.78 Å². The second-order valence-corrected chi connectivity index (χ2v) is 4.87. The molecular weight excluding hydrogens is 256 g/mol. The molecule has 0 saturated heterocycles. The van der Waals surface area contributed by atoms with E-state index < -0.39 is 11.6 Å². The van der Waals surface area contributed by atoms with E-state index in [0.717, 1.165) is 12.1 Å². The van der Waals surface area contributed by atoms with Gasteiger partial charge >= 0.3 is 0 Å². The standard InChI is InChI=1S/C12H13F2N3S/c1-7(2)6-17-11(15-16-12(17)18)8-3-4-9(13)10(14)5-8/h3-5,7H,6H2,1-2H3,(H,16,18). The number of aromatic amines is 1. The molecule has 0 aliphatic rings. The van der Waals surface area contributed by atoms with E-state index in [1.165, 1.54) is 6.07 Å². The zero-order valence-electron chi connectivity index (χ0n) is 10.1. The van der Waals surface area contributed by atoms with E-state index in [1.54, 1.807) is 4.57 Å². The monoisotopic (exact) mass is 269 g/mol. The summed E-state index contributed by atoms with van der Waals surface area (Å²) in [4.78, 5) is 0. The fourth-order valence-corrected chi connectivity index (χ4v) is 1.91. The van der Waals surface area contributed by atoms with Crippen LogP contribution in [0.2, 0.25) is 0 Å². The zero-order chi connectivity index (χ0) is 13.3. The van der Waals surface area contributed by atoms with Gasteiger partial charge in [0.05, 0.1) is 0 Å². The molecule has 18 heavy (non-hydrogen) atoms. The van der Waals surface area contributed by atoms with Gasteiger partial charge in [-0.3, -0.25) is 9.67 Å². The van der Waals surface area contributed by atoms with E-state index >= 15 is 0 Å². The lowest BCUT2D eigenvalue weighted by atomic mass is 10.2. The third-order valence-electron chi connectivity index (χ3n) is 2.48. The zero-order valence-corrected chi connectivity index (χ0v) is 10.9. The number of hydrogen-bond donors (Lipinski definition) is 1. The third-order valence-corrected chi connectivity index (χ3v) is 2.80. The summed E-state index contributed by atoms with van der Waals surface area (Å²) in [6.45, 7) is 4.76. The number of H-pyrrole nitrogens is 1. The first kappa shape index (κ1) is 12.9. The van der Waals surface area contributed by atoms with Crippen LogP contribution < -0.4 is 0 Å². The van der Waals surface area contributed by atoms with Crippen LogP contribution in [0.5, 0.6) is 0 Å². The van der Waals surface area contributed by atoms with Crippen molar-refractivity contribution < 1.29 is 8.78 Å². The molecule has 3 nitrogen and oxygen atoms in total. The van der Waals surface area contributed by atoms with Crippen molar-refractivity contribution in [2.24, 2.45) is 5.92 Å². The Kier molecular flexibility index (Phi) is 3.56. The van der Waals surface area contributed by atoms with Crippen molar-refractivity contribution in [3.63, 3.8) is 0 Å². The highest BCUT2D eigenvalue weighted by Crippen LogP contribution is 2.20. The number of rotatable bonds is 3. The molecule has 1 aromatic carbocycles. The first-order chi connectivity index (χ1) is 8.49. The summed E-state index contributed by atoms with van der Waals surface area (Å²) in [6, 6.07) is 3.69. The molecule has 2 rings (SSSR count). The van der Waals surface area contributed by atoms with Gasteiger partial charge in [-0.05, 0) is 36.3 Å². The van der Waals surface area contributed by atoms with Crippen molar-refractivity contribution in [2.45, 2.75) is 20.4 Å². The van der Waals surface area contributed by atoms with E-state index in [-0.39, 0.29) is 0 Å².